The second-order valence-corrected chi connectivity index (χ2v) is 7.22. The molecule has 31 heavy (non-hydrogen) atoms. The van der Waals surface area contributed by atoms with E-state index in [1.54, 1.807) is 24.7 Å². The van der Waals surface area contributed by atoms with Crippen molar-refractivity contribution < 1.29 is 4.79 Å². The van der Waals surface area contributed by atoms with Gasteiger partial charge in [0.05, 0.1) is 23.0 Å². The summed E-state index contributed by atoms with van der Waals surface area (Å²) >= 11 is 0. The highest BCUT2D eigenvalue weighted by atomic mass is 16.2. The topological polar surface area (TPSA) is 83.0 Å². The summed E-state index contributed by atoms with van der Waals surface area (Å²) in [5.41, 5.74) is 8.44. The third-order valence-corrected chi connectivity index (χ3v) is 5.22. The molecule has 2 aromatic carbocycles. The van der Waals surface area contributed by atoms with E-state index in [1.807, 2.05) is 67.6 Å². The maximum absolute atomic E-state index is 13.0. The zero-order valence-corrected chi connectivity index (χ0v) is 16.8. The number of aryl methyl sites for hydroxylation is 1. The molecule has 5 rings (SSSR count). The molecule has 6 nitrogen and oxygen atoms in total. The average Bonchev–Trinajstić information content (AvgIpc) is 3.14. The minimum absolute atomic E-state index is 0.294. The van der Waals surface area contributed by atoms with E-state index >= 15 is 0 Å². The van der Waals surface area contributed by atoms with Crippen molar-refractivity contribution in [2.24, 2.45) is 5.10 Å². The van der Waals surface area contributed by atoms with Crippen LogP contribution in [0.3, 0.4) is 0 Å². The first kappa shape index (κ1) is 18.7. The SMILES string of the molecule is Cc1[nH]c2ccccc2c1C=NNC(=O)c1cc(-c2cccnc2)nc2ccccc12. The van der Waals surface area contributed by atoms with Crippen LogP contribution in [0.2, 0.25) is 0 Å². The molecule has 0 atom stereocenters. The minimum atomic E-state index is -0.294. The fourth-order valence-electron chi connectivity index (χ4n) is 3.71. The number of hydrazone groups is 1. The van der Waals surface area contributed by atoms with Gasteiger partial charge in [-0.15, -0.1) is 0 Å². The second-order valence-electron chi connectivity index (χ2n) is 7.22. The number of nitrogens with zero attached hydrogens (tertiary/aromatic N) is 3. The Morgan fingerprint density at radius 2 is 1.84 bits per heavy atom. The molecule has 0 bridgehead atoms. The van der Waals surface area contributed by atoms with Gasteiger partial charge in [0.25, 0.3) is 5.91 Å². The predicted octanol–water partition coefficient (Wildman–Crippen LogP) is 4.85. The normalized spacial score (nSPS) is 11.4. The average molecular weight is 405 g/mol. The molecule has 0 unspecified atom stereocenters. The van der Waals surface area contributed by atoms with Gasteiger partial charge in [-0.05, 0) is 37.3 Å². The summed E-state index contributed by atoms with van der Waals surface area (Å²) < 4.78 is 0. The smallest absolute Gasteiger partial charge is 0.272 e. The maximum Gasteiger partial charge on any atom is 0.272 e. The highest BCUT2D eigenvalue weighted by Gasteiger charge is 2.14. The summed E-state index contributed by atoms with van der Waals surface area (Å²) in [6, 6.07) is 21.1. The fourth-order valence-corrected chi connectivity index (χ4v) is 3.71. The van der Waals surface area contributed by atoms with E-state index in [9.17, 15) is 4.79 Å². The first-order valence-corrected chi connectivity index (χ1v) is 9.91. The van der Waals surface area contributed by atoms with E-state index in [2.05, 4.69) is 20.5 Å². The number of carbonyl (C=O) groups is 1. The van der Waals surface area contributed by atoms with Crippen LogP contribution in [0.5, 0.6) is 0 Å². The number of pyridine rings is 2. The molecule has 1 amide bonds. The fraction of sp³-hybridized carbons (Fsp3) is 0.0400. The first-order chi connectivity index (χ1) is 15.2. The Morgan fingerprint density at radius 1 is 1.03 bits per heavy atom. The van der Waals surface area contributed by atoms with Crippen molar-refractivity contribution >= 4 is 33.9 Å². The Balaban J connectivity index is 1.49. The predicted molar refractivity (Wildman–Crippen MR) is 123 cm³/mol. The molecule has 0 saturated carbocycles. The van der Waals surface area contributed by atoms with Crippen LogP contribution in [-0.4, -0.2) is 27.1 Å². The van der Waals surface area contributed by atoms with Gasteiger partial charge in [-0.1, -0.05) is 36.4 Å². The van der Waals surface area contributed by atoms with E-state index in [0.717, 1.165) is 38.6 Å². The van der Waals surface area contributed by atoms with Crippen LogP contribution in [0, 0.1) is 6.92 Å². The molecule has 0 aliphatic carbocycles. The van der Waals surface area contributed by atoms with Gasteiger partial charge in [0.2, 0.25) is 0 Å². The number of rotatable bonds is 4. The van der Waals surface area contributed by atoms with E-state index in [0.29, 0.717) is 11.3 Å². The Kier molecular flexibility index (Phi) is 4.72. The van der Waals surface area contributed by atoms with Gasteiger partial charge in [-0.25, -0.2) is 10.4 Å². The van der Waals surface area contributed by atoms with Crippen molar-refractivity contribution in [2.75, 3.05) is 0 Å². The molecule has 3 aromatic heterocycles. The molecule has 2 N–H and O–H groups in total. The third kappa shape index (κ3) is 3.55. The molecule has 0 aliphatic heterocycles. The molecule has 0 spiro atoms. The monoisotopic (exact) mass is 405 g/mol. The van der Waals surface area contributed by atoms with Crippen molar-refractivity contribution in [3.8, 4) is 11.3 Å². The number of amides is 1. The van der Waals surface area contributed by atoms with Crippen LogP contribution < -0.4 is 5.43 Å². The van der Waals surface area contributed by atoms with Gasteiger partial charge in [0.15, 0.2) is 0 Å². The molecule has 150 valence electrons. The molecule has 3 heterocycles. The van der Waals surface area contributed by atoms with Crippen molar-refractivity contribution in [3.05, 3.63) is 95.9 Å². The Morgan fingerprint density at radius 3 is 2.68 bits per heavy atom. The summed E-state index contributed by atoms with van der Waals surface area (Å²) in [6.07, 6.45) is 5.12. The van der Waals surface area contributed by atoms with Gasteiger partial charge in [-0.3, -0.25) is 9.78 Å². The quantitative estimate of drug-likeness (QED) is 0.331. The lowest BCUT2D eigenvalue weighted by atomic mass is 10.0. The van der Waals surface area contributed by atoms with Gasteiger partial charge in [0, 0.05) is 45.5 Å². The van der Waals surface area contributed by atoms with Crippen molar-refractivity contribution in [1.29, 1.82) is 0 Å². The number of aromatic nitrogens is 3. The van der Waals surface area contributed by atoms with Gasteiger partial charge >= 0.3 is 0 Å². The van der Waals surface area contributed by atoms with Crippen molar-refractivity contribution in [2.45, 2.75) is 6.92 Å². The summed E-state index contributed by atoms with van der Waals surface area (Å²) in [5, 5.41) is 6.06. The lowest BCUT2D eigenvalue weighted by molar-refractivity contribution is 0.0956. The standard InChI is InChI=1S/C25H19N5O/c1-16-21(19-9-3-4-10-22(19)28-16)15-27-30-25(31)20-13-24(17-7-6-12-26-14-17)29-23-11-5-2-8-18(20)23/h2-15,28H,1H3,(H,30,31). The Hall–Kier alpha value is -4.32. The van der Waals surface area contributed by atoms with E-state index in [1.165, 1.54) is 0 Å². The number of benzene rings is 2. The highest BCUT2D eigenvalue weighted by molar-refractivity contribution is 6.08. The van der Waals surface area contributed by atoms with Gasteiger partial charge in [-0.2, -0.15) is 5.10 Å². The number of hydrogen-bond acceptors (Lipinski definition) is 4. The highest BCUT2D eigenvalue weighted by Crippen LogP contribution is 2.24. The van der Waals surface area contributed by atoms with E-state index in [4.69, 9.17) is 4.98 Å². The molecule has 5 aromatic rings. The lowest BCUT2D eigenvalue weighted by Crippen LogP contribution is -2.18. The van der Waals surface area contributed by atoms with Crippen LogP contribution in [0.4, 0.5) is 0 Å². The summed E-state index contributed by atoms with van der Waals surface area (Å²) in [6.45, 7) is 1.99. The molecule has 6 heteroatoms. The number of carbonyl (C=O) groups excluding carboxylic acids is 1. The molecule has 0 fully saturated rings. The van der Waals surface area contributed by atoms with Gasteiger partial charge in [0.1, 0.15) is 0 Å². The van der Waals surface area contributed by atoms with Crippen LogP contribution in [-0.2, 0) is 0 Å². The Bertz CT molecular complexity index is 1440. The minimum Gasteiger partial charge on any atom is -0.358 e. The molecule has 0 radical (unpaired) electrons. The zero-order valence-electron chi connectivity index (χ0n) is 16.8. The summed E-state index contributed by atoms with van der Waals surface area (Å²) in [5.74, 6) is -0.294. The van der Waals surface area contributed by atoms with Crippen LogP contribution in [0.25, 0.3) is 33.1 Å². The summed E-state index contributed by atoms with van der Waals surface area (Å²) in [4.78, 5) is 25.2. The number of nitrogens with one attached hydrogen (secondary N) is 2. The number of hydrogen-bond donors (Lipinski definition) is 2. The second kappa shape index (κ2) is 7.84. The van der Waals surface area contributed by atoms with Crippen LogP contribution in [0.15, 0.2) is 84.2 Å². The van der Waals surface area contributed by atoms with E-state index in [-0.39, 0.29) is 5.91 Å². The van der Waals surface area contributed by atoms with Crippen LogP contribution in [0.1, 0.15) is 21.6 Å². The first-order valence-electron chi connectivity index (χ1n) is 9.91. The third-order valence-electron chi connectivity index (χ3n) is 5.22. The van der Waals surface area contributed by atoms with Crippen molar-refractivity contribution in [3.63, 3.8) is 0 Å². The number of fused-ring (bicyclic) bond motifs is 2. The van der Waals surface area contributed by atoms with Gasteiger partial charge < -0.3 is 4.98 Å². The Labute approximate surface area is 178 Å². The maximum atomic E-state index is 13.0. The lowest BCUT2D eigenvalue weighted by Gasteiger charge is -2.08. The van der Waals surface area contributed by atoms with Crippen LogP contribution >= 0.6 is 0 Å². The molecular weight excluding hydrogens is 386 g/mol. The van der Waals surface area contributed by atoms with Crippen molar-refractivity contribution in [1.82, 2.24) is 20.4 Å². The number of H-pyrrole nitrogens is 1. The number of aromatic amines is 1. The zero-order chi connectivity index (χ0) is 21.2. The molecule has 0 saturated heterocycles. The molecular formula is C25H19N5O. The summed E-state index contributed by atoms with van der Waals surface area (Å²) in [7, 11) is 0. The number of para-hydroxylation sites is 2. The molecule has 0 aliphatic rings. The largest absolute Gasteiger partial charge is 0.358 e. The van der Waals surface area contributed by atoms with E-state index < -0.39 is 0 Å².